The van der Waals surface area contributed by atoms with Crippen LogP contribution in [0.25, 0.3) is 0 Å². The number of benzene rings is 1. The minimum atomic E-state index is -0.503. The molecule has 0 radical (unpaired) electrons. The molecule has 0 saturated heterocycles. The van der Waals surface area contributed by atoms with Gasteiger partial charge in [-0.1, -0.05) is 29.6 Å². The third kappa shape index (κ3) is 3.09. The third-order valence-electron chi connectivity index (χ3n) is 3.52. The fraction of sp³-hybridized carbons (Fsp3) is 0.500. The van der Waals surface area contributed by atoms with Crippen molar-refractivity contribution >= 4 is 46.3 Å². The maximum absolute atomic E-state index is 10.7. The molecule has 0 aliphatic heterocycles. The van der Waals surface area contributed by atoms with Crippen LogP contribution in [0.3, 0.4) is 0 Å². The monoisotopic (exact) mass is 320 g/mol. The Balaban J connectivity index is 2.14. The number of hydrogen-bond donors (Lipinski definition) is 1. The lowest BCUT2D eigenvalue weighted by Crippen LogP contribution is -2.40. The van der Waals surface area contributed by atoms with Gasteiger partial charge in [-0.05, 0) is 19.1 Å². The maximum atomic E-state index is 10.7. The molecule has 1 aliphatic carbocycles. The number of nitrogens with zero attached hydrogens (tertiary/aromatic N) is 1. The summed E-state index contributed by atoms with van der Waals surface area (Å²) in [5.41, 5.74) is 0.484. The Morgan fingerprint density at radius 3 is 2.37 bits per heavy atom. The molecule has 4 nitrogen and oxygen atoms in total. The van der Waals surface area contributed by atoms with Crippen LogP contribution in [-0.2, 0) is 0 Å². The lowest BCUT2D eigenvalue weighted by molar-refractivity contribution is -0.384. The van der Waals surface area contributed by atoms with Crippen LogP contribution in [0.5, 0.6) is 0 Å². The minimum Gasteiger partial charge on any atom is -0.381 e. The summed E-state index contributed by atoms with van der Waals surface area (Å²) in [6.07, 6.45) is 5.68. The van der Waals surface area contributed by atoms with Gasteiger partial charge in [0.05, 0.1) is 20.7 Å². The molecule has 7 heteroatoms. The molecule has 0 amide bonds. The van der Waals surface area contributed by atoms with E-state index in [9.17, 15) is 10.1 Å². The smallest absolute Gasteiger partial charge is 0.272 e. The van der Waals surface area contributed by atoms with E-state index in [-0.39, 0.29) is 20.5 Å². The van der Waals surface area contributed by atoms with Crippen LogP contribution in [0.1, 0.15) is 19.3 Å². The summed E-state index contributed by atoms with van der Waals surface area (Å²) >= 11 is 13.9. The van der Waals surface area contributed by atoms with Crippen LogP contribution in [0.4, 0.5) is 11.4 Å². The van der Waals surface area contributed by atoms with Gasteiger partial charge in [-0.15, -0.1) is 0 Å². The number of nitro groups is 1. The van der Waals surface area contributed by atoms with Crippen molar-refractivity contribution < 1.29 is 4.92 Å². The molecule has 0 unspecified atom stereocenters. The Morgan fingerprint density at radius 2 is 2.00 bits per heavy atom. The zero-order valence-corrected chi connectivity index (χ0v) is 12.7. The molecule has 1 aromatic rings. The standard InChI is InChI=1S/C12H14Cl2N2O2S/c1-19-12(3-2-4-12)7-15-11-9(13)5-8(16(17)18)6-10(11)14/h5-6,15H,2-4,7H2,1H3. The van der Waals surface area contributed by atoms with E-state index in [1.165, 1.54) is 31.4 Å². The van der Waals surface area contributed by atoms with Crippen molar-refractivity contribution in [1.29, 1.82) is 0 Å². The fourth-order valence-electron chi connectivity index (χ4n) is 2.11. The third-order valence-corrected chi connectivity index (χ3v) is 5.54. The number of thioether (sulfide) groups is 1. The number of halogens is 2. The van der Waals surface area contributed by atoms with Crippen molar-refractivity contribution in [2.75, 3.05) is 18.1 Å². The van der Waals surface area contributed by atoms with Gasteiger partial charge in [0.25, 0.3) is 5.69 Å². The molecular weight excluding hydrogens is 307 g/mol. The van der Waals surface area contributed by atoms with Gasteiger partial charge in [0.2, 0.25) is 0 Å². The van der Waals surface area contributed by atoms with Crippen LogP contribution in [0, 0.1) is 10.1 Å². The largest absolute Gasteiger partial charge is 0.381 e. The second kappa shape index (κ2) is 5.77. The van der Waals surface area contributed by atoms with E-state index in [4.69, 9.17) is 23.2 Å². The highest BCUT2D eigenvalue weighted by Gasteiger charge is 2.36. The van der Waals surface area contributed by atoms with Crippen molar-refractivity contribution in [3.63, 3.8) is 0 Å². The molecule has 19 heavy (non-hydrogen) atoms. The van der Waals surface area contributed by atoms with Crippen molar-refractivity contribution in [2.24, 2.45) is 0 Å². The van der Waals surface area contributed by atoms with Crippen molar-refractivity contribution in [3.8, 4) is 0 Å². The zero-order chi connectivity index (χ0) is 14.0. The van der Waals surface area contributed by atoms with E-state index in [0.29, 0.717) is 5.69 Å². The number of anilines is 1. The molecular formula is C12H14Cl2N2O2S. The predicted molar refractivity (Wildman–Crippen MR) is 81.7 cm³/mol. The summed E-state index contributed by atoms with van der Waals surface area (Å²) in [7, 11) is 0. The Morgan fingerprint density at radius 1 is 1.42 bits per heavy atom. The molecule has 1 fully saturated rings. The highest BCUT2D eigenvalue weighted by atomic mass is 35.5. The molecule has 1 saturated carbocycles. The Kier molecular flexibility index (Phi) is 4.48. The average molecular weight is 321 g/mol. The number of rotatable bonds is 5. The van der Waals surface area contributed by atoms with Gasteiger partial charge in [-0.2, -0.15) is 11.8 Å². The van der Waals surface area contributed by atoms with E-state index in [2.05, 4.69) is 11.6 Å². The van der Waals surface area contributed by atoms with Crippen molar-refractivity contribution in [2.45, 2.75) is 24.0 Å². The van der Waals surface area contributed by atoms with Crippen LogP contribution in [0.15, 0.2) is 12.1 Å². The van der Waals surface area contributed by atoms with Gasteiger partial charge in [-0.25, -0.2) is 0 Å². The first kappa shape index (κ1) is 14.8. The molecule has 0 heterocycles. The first-order valence-corrected chi connectivity index (χ1v) is 7.88. The van der Waals surface area contributed by atoms with Gasteiger partial charge < -0.3 is 5.32 Å². The molecule has 0 spiro atoms. The second-order valence-electron chi connectivity index (χ2n) is 4.64. The average Bonchev–Trinajstić information content (AvgIpc) is 2.30. The Bertz CT molecular complexity index is 478. The minimum absolute atomic E-state index is 0.0937. The highest BCUT2D eigenvalue weighted by molar-refractivity contribution is 8.00. The molecule has 0 atom stereocenters. The number of nitro benzene ring substituents is 1. The van der Waals surface area contributed by atoms with E-state index in [0.717, 1.165) is 6.54 Å². The summed E-state index contributed by atoms with van der Waals surface area (Å²) < 4.78 is 0.244. The van der Waals surface area contributed by atoms with Crippen molar-refractivity contribution in [1.82, 2.24) is 0 Å². The Labute approximate surface area is 126 Å². The first-order valence-electron chi connectivity index (χ1n) is 5.90. The second-order valence-corrected chi connectivity index (χ2v) is 6.72. The molecule has 2 rings (SSSR count). The van der Waals surface area contributed by atoms with Crippen molar-refractivity contribution in [3.05, 3.63) is 32.3 Å². The SMILES string of the molecule is CSC1(CNc2c(Cl)cc([N+](=O)[O-])cc2Cl)CCC1. The van der Waals surface area contributed by atoms with E-state index < -0.39 is 4.92 Å². The summed E-state index contributed by atoms with van der Waals surface area (Å²) in [5.74, 6) is 0. The molecule has 1 aromatic carbocycles. The number of nitrogens with one attached hydrogen (secondary N) is 1. The Hall–Kier alpha value is -0.650. The fourth-order valence-corrected chi connectivity index (χ4v) is 3.63. The highest BCUT2D eigenvalue weighted by Crippen LogP contribution is 2.44. The van der Waals surface area contributed by atoms with Crippen LogP contribution < -0.4 is 5.32 Å². The topological polar surface area (TPSA) is 55.2 Å². The molecule has 1 aliphatic rings. The van der Waals surface area contributed by atoms with Gasteiger partial charge >= 0.3 is 0 Å². The van der Waals surface area contributed by atoms with Crippen LogP contribution in [0.2, 0.25) is 10.0 Å². The van der Waals surface area contributed by atoms with Gasteiger partial charge in [0.1, 0.15) is 0 Å². The lowest BCUT2D eigenvalue weighted by Gasteiger charge is -2.40. The quantitative estimate of drug-likeness (QED) is 0.636. The van der Waals surface area contributed by atoms with Gasteiger partial charge in [0.15, 0.2) is 0 Å². The zero-order valence-electron chi connectivity index (χ0n) is 10.4. The van der Waals surface area contributed by atoms with E-state index in [1.54, 1.807) is 0 Å². The van der Waals surface area contributed by atoms with Gasteiger partial charge in [-0.3, -0.25) is 10.1 Å². The van der Waals surface area contributed by atoms with Crippen LogP contribution in [-0.4, -0.2) is 22.5 Å². The van der Waals surface area contributed by atoms with E-state index in [1.807, 2.05) is 11.8 Å². The summed E-state index contributed by atoms with van der Waals surface area (Å²) in [5, 5.41) is 14.5. The molecule has 0 aromatic heterocycles. The summed E-state index contributed by atoms with van der Waals surface area (Å²) in [6, 6.07) is 2.64. The van der Waals surface area contributed by atoms with E-state index >= 15 is 0 Å². The van der Waals surface area contributed by atoms with Gasteiger partial charge in [0, 0.05) is 23.4 Å². The number of non-ortho nitro benzene ring substituents is 1. The predicted octanol–water partition coefficient (Wildman–Crippen LogP) is 4.60. The maximum Gasteiger partial charge on any atom is 0.272 e. The normalized spacial score (nSPS) is 16.8. The summed E-state index contributed by atoms with van der Waals surface area (Å²) in [4.78, 5) is 10.2. The lowest BCUT2D eigenvalue weighted by atomic mass is 9.84. The van der Waals surface area contributed by atoms with Crippen LogP contribution >= 0.6 is 35.0 Å². The molecule has 104 valence electrons. The summed E-state index contributed by atoms with van der Waals surface area (Å²) in [6.45, 7) is 0.769. The molecule has 1 N–H and O–H groups in total. The number of hydrogen-bond acceptors (Lipinski definition) is 4. The molecule has 0 bridgehead atoms. The first-order chi connectivity index (χ1) is 8.97.